The third-order valence-corrected chi connectivity index (χ3v) is 4.71. The number of amides is 2. The molecule has 2 N–H and O–H groups in total. The zero-order valence-electron chi connectivity index (χ0n) is 12.7. The van der Waals surface area contributed by atoms with Crippen LogP contribution in [0.15, 0.2) is 17.4 Å². The minimum atomic E-state index is -0.430. The highest BCUT2D eigenvalue weighted by atomic mass is 16.7. The zero-order valence-corrected chi connectivity index (χ0v) is 12.7. The molecule has 1 aliphatic carbocycles. The minimum Gasteiger partial charge on any atom is -0.388 e. The second-order valence-corrected chi connectivity index (χ2v) is 6.50. The number of piperidine rings is 1. The van der Waals surface area contributed by atoms with Crippen molar-refractivity contribution in [2.75, 3.05) is 13.1 Å². The van der Waals surface area contributed by atoms with Crippen LogP contribution in [0.4, 0.5) is 0 Å². The monoisotopic (exact) mass is 317 g/mol. The van der Waals surface area contributed by atoms with Crippen LogP contribution >= 0.6 is 0 Å². The molecule has 3 aliphatic rings. The van der Waals surface area contributed by atoms with E-state index in [9.17, 15) is 9.59 Å². The SMILES string of the molecule is O=C(NC1CC1)C1=NOC2(CCN(C(=O)c3ccn[nH]3)CC2)C1. The van der Waals surface area contributed by atoms with Crippen LogP contribution in [0.2, 0.25) is 0 Å². The highest BCUT2D eigenvalue weighted by Crippen LogP contribution is 2.35. The van der Waals surface area contributed by atoms with Crippen LogP contribution in [-0.2, 0) is 9.63 Å². The zero-order chi connectivity index (χ0) is 15.9. The molecule has 1 saturated carbocycles. The summed E-state index contributed by atoms with van der Waals surface area (Å²) < 4.78 is 0. The van der Waals surface area contributed by atoms with Gasteiger partial charge < -0.3 is 15.1 Å². The quantitative estimate of drug-likeness (QED) is 0.845. The van der Waals surface area contributed by atoms with Gasteiger partial charge in [0.2, 0.25) is 0 Å². The van der Waals surface area contributed by atoms with Crippen molar-refractivity contribution >= 4 is 17.5 Å². The van der Waals surface area contributed by atoms with Crippen molar-refractivity contribution in [2.24, 2.45) is 5.16 Å². The van der Waals surface area contributed by atoms with E-state index in [0.717, 1.165) is 12.8 Å². The number of hydrogen-bond acceptors (Lipinski definition) is 5. The fourth-order valence-electron chi connectivity index (χ4n) is 3.07. The molecule has 3 heterocycles. The summed E-state index contributed by atoms with van der Waals surface area (Å²) in [7, 11) is 0. The van der Waals surface area contributed by atoms with Gasteiger partial charge in [0.05, 0.1) is 0 Å². The van der Waals surface area contributed by atoms with Gasteiger partial charge in [-0.05, 0) is 18.9 Å². The molecule has 122 valence electrons. The molecule has 23 heavy (non-hydrogen) atoms. The topological polar surface area (TPSA) is 99.7 Å². The number of carbonyl (C=O) groups is 2. The van der Waals surface area contributed by atoms with Crippen molar-refractivity contribution in [1.29, 1.82) is 0 Å². The molecule has 1 aromatic heterocycles. The van der Waals surface area contributed by atoms with Crippen LogP contribution in [0.3, 0.4) is 0 Å². The number of oxime groups is 1. The molecular weight excluding hydrogens is 298 g/mol. The Balaban J connectivity index is 1.33. The summed E-state index contributed by atoms with van der Waals surface area (Å²) >= 11 is 0. The van der Waals surface area contributed by atoms with Crippen molar-refractivity contribution in [2.45, 2.75) is 43.7 Å². The molecule has 0 bridgehead atoms. The van der Waals surface area contributed by atoms with Gasteiger partial charge in [-0.2, -0.15) is 5.10 Å². The molecule has 0 aromatic carbocycles. The number of nitrogens with one attached hydrogen (secondary N) is 2. The van der Waals surface area contributed by atoms with Crippen molar-refractivity contribution in [3.05, 3.63) is 18.0 Å². The number of likely N-dealkylation sites (tertiary alicyclic amines) is 1. The largest absolute Gasteiger partial charge is 0.388 e. The van der Waals surface area contributed by atoms with Crippen molar-refractivity contribution in [3.63, 3.8) is 0 Å². The number of hydrogen-bond donors (Lipinski definition) is 2. The fraction of sp³-hybridized carbons (Fsp3) is 0.600. The van der Waals surface area contributed by atoms with E-state index in [0.29, 0.717) is 49.8 Å². The third kappa shape index (κ3) is 2.80. The van der Waals surface area contributed by atoms with Crippen molar-refractivity contribution in [3.8, 4) is 0 Å². The van der Waals surface area contributed by atoms with E-state index in [1.807, 2.05) is 0 Å². The average molecular weight is 317 g/mol. The van der Waals surface area contributed by atoms with E-state index in [2.05, 4.69) is 20.7 Å². The Hall–Kier alpha value is -2.38. The lowest BCUT2D eigenvalue weighted by Crippen LogP contribution is -2.47. The molecule has 1 saturated heterocycles. The summed E-state index contributed by atoms with van der Waals surface area (Å²) in [5.74, 6) is -0.164. The Labute approximate surface area is 133 Å². The molecule has 0 radical (unpaired) electrons. The lowest BCUT2D eigenvalue weighted by atomic mass is 9.86. The number of aromatic nitrogens is 2. The molecular formula is C15H19N5O3. The second kappa shape index (κ2) is 5.36. The average Bonchev–Trinajstić information content (AvgIpc) is 3.05. The Morgan fingerprint density at radius 3 is 2.78 bits per heavy atom. The van der Waals surface area contributed by atoms with Gasteiger partial charge in [0, 0.05) is 44.6 Å². The first-order valence-corrected chi connectivity index (χ1v) is 8.00. The molecule has 4 rings (SSSR count). The van der Waals surface area contributed by atoms with E-state index in [-0.39, 0.29) is 11.8 Å². The molecule has 1 aromatic rings. The number of aromatic amines is 1. The molecule has 2 fully saturated rings. The Morgan fingerprint density at radius 2 is 2.13 bits per heavy atom. The van der Waals surface area contributed by atoms with Crippen LogP contribution in [0.1, 0.15) is 42.6 Å². The standard InChI is InChI=1S/C15H19N5O3/c21-13(17-10-1-2-10)12-9-15(23-19-12)4-7-20(8-5-15)14(22)11-3-6-16-18-11/h3,6,10H,1-2,4-5,7-9H2,(H,16,18)(H,17,21). The Morgan fingerprint density at radius 1 is 1.35 bits per heavy atom. The van der Waals surface area contributed by atoms with Gasteiger partial charge in [-0.1, -0.05) is 5.16 Å². The van der Waals surface area contributed by atoms with Gasteiger partial charge in [-0.3, -0.25) is 14.7 Å². The van der Waals surface area contributed by atoms with Crippen LogP contribution < -0.4 is 5.32 Å². The van der Waals surface area contributed by atoms with Crippen molar-refractivity contribution < 1.29 is 14.4 Å². The number of nitrogens with zero attached hydrogens (tertiary/aromatic N) is 3. The van der Waals surface area contributed by atoms with Crippen LogP contribution in [0, 0.1) is 0 Å². The maximum Gasteiger partial charge on any atom is 0.271 e. The van der Waals surface area contributed by atoms with Gasteiger partial charge in [0.25, 0.3) is 11.8 Å². The smallest absolute Gasteiger partial charge is 0.271 e. The summed E-state index contributed by atoms with van der Waals surface area (Å²) in [6.07, 6.45) is 5.55. The highest BCUT2D eigenvalue weighted by molar-refractivity contribution is 6.39. The summed E-state index contributed by atoms with van der Waals surface area (Å²) in [5, 5.41) is 13.4. The lowest BCUT2D eigenvalue weighted by Gasteiger charge is -2.36. The predicted octanol–water partition coefficient (Wildman–Crippen LogP) is 0.439. The second-order valence-electron chi connectivity index (χ2n) is 6.50. The van der Waals surface area contributed by atoms with Gasteiger partial charge in [0.15, 0.2) is 0 Å². The van der Waals surface area contributed by atoms with Gasteiger partial charge in [-0.25, -0.2) is 0 Å². The number of carbonyl (C=O) groups excluding carboxylic acids is 2. The lowest BCUT2D eigenvalue weighted by molar-refractivity contribution is -0.115. The van der Waals surface area contributed by atoms with E-state index in [4.69, 9.17) is 4.84 Å². The highest BCUT2D eigenvalue weighted by Gasteiger charge is 2.45. The van der Waals surface area contributed by atoms with E-state index >= 15 is 0 Å². The molecule has 8 heteroatoms. The Bertz CT molecular complexity index is 642. The fourth-order valence-corrected chi connectivity index (χ4v) is 3.07. The van der Waals surface area contributed by atoms with Crippen molar-refractivity contribution in [1.82, 2.24) is 20.4 Å². The summed E-state index contributed by atoms with van der Waals surface area (Å²) in [6.45, 7) is 1.18. The first-order valence-electron chi connectivity index (χ1n) is 8.00. The molecule has 1 spiro atoms. The molecule has 8 nitrogen and oxygen atoms in total. The van der Waals surface area contributed by atoms with Gasteiger partial charge >= 0.3 is 0 Å². The summed E-state index contributed by atoms with van der Waals surface area (Å²) in [5.41, 5.74) is 0.542. The first-order chi connectivity index (χ1) is 11.2. The van der Waals surface area contributed by atoms with Crippen LogP contribution in [-0.4, -0.2) is 57.4 Å². The molecule has 0 atom stereocenters. The van der Waals surface area contributed by atoms with E-state index in [1.54, 1.807) is 17.2 Å². The first kappa shape index (κ1) is 14.2. The van der Waals surface area contributed by atoms with E-state index in [1.165, 1.54) is 0 Å². The third-order valence-electron chi connectivity index (χ3n) is 4.71. The molecule has 2 aliphatic heterocycles. The minimum absolute atomic E-state index is 0.0528. The summed E-state index contributed by atoms with van der Waals surface area (Å²) in [6, 6.07) is 1.98. The van der Waals surface area contributed by atoms with Crippen LogP contribution in [0.5, 0.6) is 0 Å². The molecule has 0 unspecified atom stereocenters. The summed E-state index contributed by atoms with van der Waals surface area (Å²) in [4.78, 5) is 31.7. The van der Waals surface area contributed by atoms with E-state index < -0.39 is 5.60 Å². The van der Waals surface area contributed by atoms with Gasteiger partial charge in [-0.15, -0.1) is 0 Å². The number of rotatable bonds is 3. The normalized spacial score (nSPS) is 22.6. The van der Waals surface area contributed by atoms with Crippen LogP contribution in [0.25, 0.3) is 0 Å². The number of H-pyrrole nitrogens is 1. The maximum absolute atomic E-state index is 12.3. The van der Waals surface area contributed by atoms with Gasteiger partial charge in [0.1, 0.15) is 17.0 Å². The maximum atomic E-state index is 12.3. The predicted molar refractivity (Wildman–Crippen MR) is 80.8 cm³/mol. The Kier molecular flexibility index (Phi) is 3.32. The molecule has 2 amide bonds.